The summed E-state index contributed by atoms with van der Waals surface area (Å²) in [4.78, 5) is 12.2. The quantitative estimate of drug-likeness (QED) is 0.835. The number of carbonyl (C=O) groups is 1. The molecular weight excluding hydrogens is 360 g/mol. The van der Waals surface area contributed by atoms with E-state index in [4.69, 9.17) is 11.6 Å². The molecule has 0 aromatic heterocycles. The van der Waals surface area contributed by atoms with E-state index < -0.39 is 21.5 Å². The Morgan fingerprint density at radius 2 is 1.88 bits per heavy atom. The molecule has 2 N–H and O–H groups in total. The highest BCUT2D eigenvalue weighted by molar-refractivity contribution is 7.92. The number of rotatable bonds is 5. The van der Waals surface area contributed by atoms with Crippen molar-refractivity contribution in [2.75, 3.05) is 18.8 Å². The van der Waals surface area contributed by atoms with E-state index in [-0.39, 0.29) is 10.9 Å². The summed E-state index contributed by atoms with van der Waals surface area (Å²) in [5.74, 6) is -1.09. The molecule has 1 atom stereocenters. The van der Waals surface area contributed by atoms with E-state index in [0.717, 1.165) is 18.5 Å². The van der Waals surface area contributed by atoms with E-state index in [1.54, 1.807) is 0 Å². The highest BCUT2D eigenvalue weighted by Crippen LogP contribution is 2.22. The van der Waals surface area contributed by atoms with Gasteiger partial charge in [0.15, 0.2) is 9.84 Å². The predicted molar refractivity (Wildman–Crippen MR) is 97.4 cm³/mol. The summed E-state index contributed by atoms with van der Waals surface area (Å²) in [6.07, 6.45) is 0.950. The topological polar surface area (TPSA) is 75.3 Å². The molecule has 2 aromatic carbocycles. The Morgan fingerprint density at radius 3 is 2.64 bits per heavy atom. The van der Waals surface area contributed by atoms with E-state index in [0.29, 0.717) is 11.6 Å². The zero-order chi connectivity index (χ0) is 17.9. The third-order valence-corrected chi connectivity index (χ3v) is 6.10. The van der Waals surface area contributed by atoms with Crippen LogP contribution in [-0.4, -0.2) is 33.2 Å². The second-order valence-corrected chi connectivity index (χ2v) is 8.40. The molecule has 0 spiro atoms. The molecule has 0 saturated heterocycles. The maximum Gasteiger partial charge on any atom is 0.235 e. The van der Waals surface area contributed by atoms with E-state index >= 15 is 0 Å². The van der Waals surface area contributed by atoms with Gasteiger partial charge in [-0.2, -0.15) is 0 Å². The van der Waals surface area contributed by atoms with Crippen LogP contribution in [0, 0.1) is 0 Å². The summed E-state index contributed by atoms with van der Waals surface area (Å²) in [5.41, 5.74) is 2.41. The fourth-order valence-corrected chi connectivity index (χ4v) is 4.23. The number of carbonyl (C=O) groups excluding carboxylic acids is 1. The molecule has 7 heteroatoms. The number of nitrogens with one attached hydrogen (secondary N) is 2. The van der Waals surface area contributed by atoms with Gasteiger partial charge in [0, 0.05) is 17.6 Å². The summed E-state index contributed by atoms with van der Waals surface area (Å²) < 4.78 is 24.6. The average molecular weight is 379 g/mol. The van der Waals surface area contributed by atoms with Crippen LogP contribution in [0.3, 0.4) is 0 Å². The third kappa shape index (κ3) is 4.39. The van der Waals surface area contributed by atoms with Crippen LogP contribution >= 0.6 is 11.6 Å². The highest BCUT2D eigenvalue weighted by Gasteiger charge is 2.22. The summed E-state index contributed by atoms with van der Waals surface area (Å²) in [6.45, 7) is 1.19. The lowest BCUT2D eigenvalue weighted by Gasteiger charge is -2.27. The van der Waals surface area contributed by atoms with Gasteiger partial charge in [-0.3, -0.25) is 4.79 Å². The van der Waals surface area contributed by atoms with Crippen molar-refractivity contribution in [1.29, 1.82) is 0 Å². The highest BCUT2D eigenvalue weighted by atomic mass is 35.5. The van der Waals surface area contributed by atoms with Gasteiger partial charge in [-0.1, -0.05) is 35.9 Å². The van der Waals surface area contributed by atoms with Gasteiger partial charge in [-0.15, -0.1) is 0 Å². The smallest absolute Gasteiger partial charge is 0.235 e. The summed E-state index contributed by atoms with van der Waals surface area (Å²) in [6, 6.07) is 13.9. The SMILES string of the molecule is O=C(CS(=O)(=O)c1ccc(Cl)cc1)NCC1NCCc2ccccc21. The van der Waals surface area contributed by atoms with Crippen LogP contribution in [0.1, 0.15) is 17.2 Å². The van der Waals surface area contributed by atoms with Gasteiger partial charge < -0.3 is 10.6 Å². The minimum atomic E-state index is -3.68. The molecule has 5 nitrogen and oxygen atoms in total. The van der Waals surface area contributed by atoms with Crippen molar-refractivity contribution >= 4 is 27.3 Å². The number of halogens is 1. The van der Waals surface area contributed by atoms with Gasteiger partial charge >= 0.3 is 0 Å². The monoisotopic (exact) mass is 378 g/mol. The molecule has 0 bridgehead atoms. The molecule has 1 amide bonds. The van der Waals surface area contributed by atoms with Crippen LogP contribution in [0.2, 0.25) is 5.02 Å². The maximum atomic E-state index is 12.3. The first-order chi connectivity index (χ1) is 12.0. The number of amides is 1. The summed E-state index contributed by atoms with van der Waals surface area (Å²) in [5, 5.41) is 6.53. The van der Waals surface area contributed by atoms with Crippen molar-refractivity contribution in [1.82, 2.24) is 10.6 Å². The number of benzene rings is 2. The minimum Gasteiger partial charge on any atom is -0.353 e. The molecular formula is C18H19ClN2O3S. The fraction of sp³-hybridized carbons (Fsp3) is 0.278. The lowest BCUT2D eigenvalue weighted by atomic mass is 9.94. The van der Waals surface area contributed by atoms with E-state index in [1.807, 2.05) is 18.2 Å². The molecule has 132 valence electrons. The molecule has 1 heterocycles. The van der Waals surface area contributed by atoms with Gasteiger partial charge in [0.25, 0.3) is 0 Å². The second-order valence-electron chi connectivity index (χ2n) is 5.97. The Balaban J connectivity index is 1.61. The van der Waals surface area contributed by atoms with Crippen molar-refractivity contribution in [3.8, 4) is 0 Å². The Morgan fingerprint density at radius 1 is 1.16 bits per heavy atom. The molecule has 1 aliphatic rings. The standard InChI is InChI=1S/C18H19ClN2O3S/c19-14-5-7-15(8-6-14)25(23,24)12-18(22)21-11-17-16-4-2-1-3-13(16)9-10-20-17/h1-8,17,20H,9-12H2,(H,21,22). The first kappa shape index (κ1) is 17.9. The van der Waals surface area contributed by atoms with E-state index in [1.165, 1.54) is 29.8 Å². The molecule has 0 fully saturated rings. The van der Waals surface area contributed by atoms with Crippen molar-refractivity contribution in [2.45, 2.75) is 17.4 Å². The van der Waals surface area contributed by atoms with E-state index in [2.05, 4.69) is 16.7 Å². The Labute approximate surface area is 152 Å². The van der Waals surface area contributed by atoms with Gasteiger partial charge in [0.2, 0.25) is 5.91 Å². The number of hydrogen-bond acceptors (Lipinski definition) is 4. The molecule has 2 aromatic rings. The Bertz CT molecular complexity index is 866. The lowest BCUT2D eigenvalue weighted by molar-refractivity contribution is -0.118. The van der Waals surface area contributed by atoms with Crippen molar-refractivity contribution in [2.24, 2.45) is 0 Å². The predicted octanol–water partition coefficient (Wildman–Crippen LogP) is 2.12. The first-order valence-electron chi connectivity index (χ1n) is 8.02. The maximum absolute atomic E-state index is 12.3. The first-order valence-corrected chi connectivity index (χ1v) is 10.0. The van der Waals surface area contributed by atoms with Crippen LogP contribution in [0.25, 0.3) is 0 Å². The average Bonchev–Trinajstić information content (AvgIpc) is 2.60. The van der Waals surface area contributed by atoms with Crippen LogP contribution in [0.4, 0.5) is 0 Å². The summed E-state index contributed by atoms with van der Waals surface area (Å²) in [7, 11) is -3.68. The van der Waals surface area contributed by atoms with Crippen molar-refractivity contribution in [3.05, 3.63) is 64.7 Å². The molecule has 0 aliphatic carbocycles. The molecule has 25 heavy (non-hydrogen) atoms. The second kappa shape index (κ2) is 7.56. The lowest BCUT2D eigenvalue weighted by Crippen LogP contribution is -2.40. The van der Waals surface area contributed by atoms with Gasteiger partial charge in [-0.25, -0.2) is 8.42 Å². The summed E-state index contributed by atoms with van der Waals surface area (Å²) >= 11 is 5.76. The molecule has 1 aliphatic heterocycles. The van der Waals surface area contributed by atoms with E-state index in [9.17, 15) is 13.2 Å². The van der Waals surface area contributed by atoms with Crippen LogP contribution in [0.5, 0.6) is 0 Å². The van der Waals surface area contributed by atoms with Crippen LogP contribution < -0.4 is 10.6 Å². The zero-order valence-corrected chi connectivity index (χ0v) is 15.1. The van der Waals surface area contributed by atoms with Crippen LogP contribution in [0.15, 0.2) is 53.4 Å². The van der Waals surface area contributed by atoms with Crippen molar-refractivity contribution in [3.63, 3.8) is 0 Å². The van der Waals surface area contributed by atoms with Crippen LogP contribution in [-0.2, 0) is 21.1 Å². The largest absolute Gasteiger partial charge is 0.353 e. The fourth-order valence-electron chi connectivity index (χ4n) is 2.94. The normalized spacial score (nSPS) is 16.9. The molecule has 0 saturated carbocycles. The Hall–Kier alpha value is -1.89. The number of fused-ring (bicyclic) bond motifs is 1. The van der Waals surface area contributed by atoms with Crippen molar-refractivity contribution < 1.29 is 13.2 Å². The number of hydrogen-bond donors (Lipinski definition) is 2. The molecule has 1 unspecified atom stereocenters. The Kier molecular flexibility index (Phi) is 5.42. The van der Waals surface area contributed by atoms with Gasteiger partial charge in [0.1, 0.15) is 5.75 Å². The number of sulfone groups is 1. The zero-order valence-electron chi connectivity index (χ0n) is 13.5. The third-order valence-electron chi connectivity index (χ3n) is 4.21. The van der Waals surface area contributed by atoms with Gasteiger partial charge in [0.05, 0.1) is 4.90 Å². The molecule has 3 rings (SSSR count). The van der Waals surface area contributed by atoms with Gasteiger partial charge in [-0.05, 0) is 48.4 Å². The minimum absolute atomic E-state index is 0.00728. The molecule has 0 radical (unpaired) electrons.